The fourth-order valence-corrected chi connectivity index (χ4v) is 1.82. The Morgan fingerprint density at radius 3 is 2.88 bits per heavy atom. The van der Waals surface area contributed by atoms with Crippen LogP contribution in [0.15, 0.2) is 18.2 Å². The van der Waals surface area contributed by atoms with E-state index in [1.54, 1.807) is 25.1 Å². The lowest BCUT2D eigenvalue weighted by molar-refractivity contribution is 0.175. The van der Waals surface area contributed by atoms with E-state index in [2.05, 4.69) is 17.2 Å². The summed E-state index contributed by atoms with van der Waals surface area (Å²) in [6, 6.07) is 5.07. The zero-order valence-corrected chi connectivity index (χ0v) is 11.1. The number of nitrogens with one attached hydrogen (secondary N) is 1. The molecule has 0 aromatic heterocycles. The van der Waals surface area contributed by atoms with Crippen LogP contribution >= 0.6 is 23.2 Å². The molecule has 1 aromatic rings. The molecule has 2 nitrogen and oxygen atoms in total. The molecular formula is C13H15Cl2NO. The van der Waals surface area contributed by atoms with Gasteiger partial charge in [-0.05, 0) is 25.1 Å². The highest BCUT2D eigenvalue weighted by atomic mass is 35.5. The Morgan fingerprint density at radius 1 is 1.41 bits per heavy atom. The third kappa shape index (κ3) is 4.97. The Kier molecular flexibility index (Phi) is 6.39. The maximum Gasteiger partial charge on any atom is 0.0929 e. The van der Waals surface area contributed by atoms with Crippen LogP contribution in [-0.4, -0.2) is 18.2 Å². The van der Waals surface area contributed by atoms with Gasteiger partial charge in [-0.2, -0.15) is 0 Å². The Hall–Kier alpha value is -0.720. The minimum absolute atomic E-state index is 0.436. The van der Waals surface area contributed by atoms with Crippen LogP contribution < -0.4 is 5.32 Å². The van der Waals surface area contributed by atoms with Gasteiger partial charge in [0.15, 0.2) is 0 Å². The van der Waals surface area contributed by atoms with Crippen molar-refractivity contribution in [3.63, 3.8) is 0 Å². The molecule has 4 heteroatoms. The average Bonchev–Trinajstić information content (AvgIpc) is 2.32. The van der Waals surface area contributed by atoms with Gasteiger partial charge in [-0.15, -0.1) is 11.8 Å². The second kappa shape index (κ2) is 7.58. The van der Waals surface area contributed by atoms with Gasteiger partial charge in [0, 0.05) is 35.1 Å². The third-order valence-corrected chi connectivity index (χ3v) is 2.84. The van der Waals surface area contributed by atoms with Crippen LogP contribution in [0.4, 0.5) is 0 Å². The molecule has 17 heavy (non-hydrogen) atoms. The molecule has 0 saturated carbocycles. The minimum Gasteiger partial charge on any atom is -0.387 e. The molecule has 1 aromatic carbocycles. The average molecular weight is 272 g/mol. The number of hydrogen-bond acceptors (Lipinski definition) is 2. The summed E-state index contributed by atoms with van der Waals surface area (Å²) in [6.45, 7) is 2.99. The summed E-state index contributed by atoms with van der Waals surface area (Å²) in [6.07, 6.45) is 0.114. The summed E-state index contributed by atoms with van der Waals surface area (Å²) < 4.78 is 0. The molecule has 0 fully saturated rings. The number of halogens is 2. The van der Waals surface area contributed by atoms with Gasteiger partial charge >= 0.3 is 0 Å². The lowest BCUT2D eigenvalue weighted by atomic mass is 10.1. The summed E-state index contributed by atoms with van der Waals surface area (Å²) >= 11 is 11.8. The highest BCUT2D eigenvalue weighted by Crippen LogP contribution is 2.25. The number of aliphatic hydroxyl groups excluding tert-OH is 1. The highest BCUT2D eigenvalue weighted by molar-refractivity contribution is 6.33. The predicted molar refractivity (Wildman–Crippen MR) is 72.4 cm³/mol. The van der Waals surface area contributed by atoms with Gasteiger partial charge < -0.3 is 10.4 Å². The van der Waals surface area contributed by atoms with Gasteiger partial charge in [-0.3, -0.25) is 0 Å². The molecule has 0 spiro atoms. The number of benzene rings is 1. The van der Waals surface area contributed by atoms with Crippen molar-refractivity contribution in [1.82, 2.24) is 5.32 Å². The number of aliphatic hydroxyl groups is 1. The second-order valence-corrected chi connectivity index (χ2v) is 4.41. The summed E-state index contributed by atoms with van der Waals surface area (Å²) in [5, 5.41) is 14.1. The first-order chi connectivity index (χ1) is 8.15. The van der Waals surface area contributed by atoms with Crippen LogP contribution in [0.3, 0.4) is 0 Å². The molecule has 0 saturated heterocycles. The van der Waals surface area contributed by atoms with E-state index < -0.39 is 6.10 Å². The molecule has 0 heterocycles. The highest BCUT2D eigenvalue weighted by Gasteiger charge is 2.11. The van der Waals surface area contributed by atoms with Crippen molar-refractivity contribution in [2.24, 2.45) is 0 Å². The van der Waals surface area contributed by atoms with Crippen molar-refractivity contribution in [2.75, 3.05) is 13.1 Å². The van der Waals surface area contributed by atoms with Crippen molar-refractivity contribution in [3.8, 4) is 11.8 Å². The Balaban J connectivity index is 2.48. The van der Waals surface area contributed by atoms with Crippen LogP contribution in [0.5, 0.6) is 0 Å². The van der Waals surface area contributed by atoms with E-state index in [4.69, 9.17) is 23.2 Å². The zero-order chi connectivity index (χ0) is 12.7. The lowest BCUT2D eigenvalue weighted by Gasteiger charge is -2.13. The van der Waals surface area contributed by atoms with E-state index in [0.29, 0.717) is 22.2 Å². The molecule has 2 N–H and O–H groups in total. The van der Waals surface area contributed by atoms with Crippen LogP contribution in [0.2, 0.25) is 10.0 Å². The molecular weight excluding hydrogens is 257 g/mol. The normalized spacial score (nSPS) is 11.8. The molecule has 0 amide bonds. The molecule has 0 aliphatic rings. The first-order valence-corrected chi connectivity index (χ1v) is 6.14. The maximum atomic E-state index is 9.94. The van der Waals surface area contributed by atoms with Crippen molar-refractivity contribution in [2.45, 2.75) is 19.4 Å². The summed E-state index contributed by atoms with van der Waals surface area (Å²) in [7, 11) is 0. The van der Waals surface area contributed by atoms with Crippen molar-refractivity contribution < 1.29 is 5.11 Å². The monoisotopic (exact) mass is 271 g/mol. The van der Waals surface area contributed by atoms with E-state index in [1.807, 2.05) is 0 Å². The first kappa shape index (κ1) is 14.3. The SMILES string of the molecule is CC#CCCNCC(O)c1cc(Cl)ccc1Cl. The molecule has 0 aliphatic heterocycles. The van der Waals surface area contributed by atoms with Gasteiger partial charge in [-0.1, -0.05) is 23.2 Å². The van der Waals surface area contributed by atoms with Crippen molar-refractivity contribution in [3.05, 3.63) is 33.8 Å². The summed E-state index contributed by atoms with van der Waals surface area (Å²) in [4.78, 5) is 0. The molecule has 1 atom stereocenters. The molecule has 1 rings (SSSR count). The van der Waals surface area contributed by atoms with Gasteiger partial charge in [0.25, 0.3) is 0 Å². The molecule has 0 bridgehead atoms. The fourth-order valence-electron chi connectivity index (χ4n) is 1.39. The predicted octanol–water partition coefficient (Wildman–Crippen LogP) is 3.03. The minimum atomic E-state index is -0.657. The Morgan fingerprint density at radius 2 is 2.18 bits per heavy atom. The fraction of sp³-hybridized carbons (Fsp3) is 0.385. The standard InChI is InChI=1S/C13H15Cl2NO/c1-2-3-4-7-16-9-13(17)11-8-10(14)5-6-12(11)15/h5-6,8,13,16-17H,4,7,9H2,1H3. The van der Waals surface area contributed by atoms with Crippen LogP contribution in [0.1, 0.15) is 25.0 Å². The summed E-state index contributed by atoms with van der Waals surface area (Å²) in [5.41, 5.74) is 0.647. The molecule has 0 aliphatic carbocycles. The quantitative estimate of drug-likeness (QED) is 0.638. The van der Waals surface area contributed by atoms with Crippen molar-refractivity contribution in [1.29, 1.82) is 0 Å². The maximum absolute atomic E-state index is 9.94. The van der Waals surface area contributed by atoms with Crippen LogP contribution in [0.25, 0.3) is 0 Å². The summed E-state index contributed by atoms with van der Waals surface area (Å²) in [5.74, 6) is 5.75. The zero-order valence-electron chi connectivity index (χ0n) is 9.63. The van der Waals surface area contributed by atoms with E-state index >= 15 is 0 Å². The smallest absolute Gasteiger partial charge is 0.0929 e. The van der Waals surface area contributed by atoms with Crippen molar-refractivity contribution >= 4 is 23.2 Å². The van der Waals surface area contributed by atoms with E-state index in [-0.39, 0.29) is 0 Å². The van der Waals surface area contributed by atoms with Gasteiger partial charge in [0.2, 0.25) is 0 Å². The van der Waals surface area contributed by atoms with Gasteiger partial charge in [0.1, 0.15) is 0 Å². The van der Waals surface area contributed by atoms with Crippen LogP contribution in [0, 0.1) is 11.8 Å². The van der Waals surface area contributed by atoms with E-state index in [1.165, 1.54) is 0 Å². The van der Waals surface area contributed by atoms with Gasteiger partial charge in [-0.25, -0.2) is 0 Å². The van der Waals surface area contributed by atoms with E-state index in [0.717, 1.165) is 13.0 Å². The third-order valence-electron chi connectivity index (χ3n) is 2.26. The van der Waals surface area contributed by atoms with Crippen LogP contribution in [-0.2, 0) is 0 Å². The topological polar surface area (TPSA) is 32.3 Å². The largest absolute Gasteiger partial charge is 0.387 e. The van der Waals surface area contributed by atoms with E-state index in [9.17, 15) is 5.11 Å². The second-order valence-electron chi connectivity index (χ2n) is 3.56. The molecule has 0 radical (unpaired) electrons. The molecule has 92 valence electrons. The Labute approximate surface area is 112 Å². The first-order valence-electron chi connectivity index (χ1n) is 5.38. The van der Waals surface area contributed by atoms with Gasteiger partial charge in [0.05, 0.1) is 6.10 Å². The number of hydrogen-bond donors (Lipinski definition) is 2. The number of rotatable bonds is 5. The lowest BCUT2D eigenvalue weighted by Crippen LogP contribution is -2.22. The Bertz CT molecular complexity index is 423. The molecule has 1 unspecified atom stereocenters.